The summed E-state index contributed by atoms with van der Waals surface area (Å²) in [5.74, 6) is 0. The van der Waals surface area contributed by atoms with E-state index in [1.807, 2.05) is 18.2 Å². The Morgan fingerprint density at radius 2 is 2.33 bits per heavy atom. The van der Waals surface area contributed by atoms with Gasteiger partial charge in [-0.05, 0) is 18.3 Å². The lowest BCUT2D eigenvalue weighted by Crippen LogP contribution is -2.20. The Hall–Kier alpha value is -1.29. The van der Waals surface area contributed by atoms with Gasteiger partial charge in [0, 0.05) is 5.56 Å². The smallest absolute Gasteiger partial charge is 0.261 e. The first-order valence-corrected chi connectivity index (χ1v) is 3.99. The largest absolute Gasteiger partial charge is 0.466 e. The molecule has 0 fully saturated rings. The minimum absolute atomic E-state index is 0.389. The highest BCUT2D eigenvalue weighted by Crippen LogP contribution is 2.27. The van der Waals surface area contributed by atoms with Crippen LogP contribution in [-0.2, 0) is 11.3 Å². The van der Waals surface area contributed by atoms with Gasteiger partial charge in [-0.2, -0.15) is 0 Å². The lowest BCUT2D eigenvalue weighted by atomic mass is 10.1. The number of nitrogens with one attached hydrogen (secondary N) is 1. The van der Waals surface area contributed by atoms with E-state index in [1.165, 1.54) is 0 Å². The summed E-state index contributed by atoms with van der Waals surface area (Å²) in [6.45, 7) is 0.506. The summed E-state index contributed by atoms with van der Waals surface area (Å²) < 4.78 is 5.12. The van der Waals surface area contributed by atoms with Crippen LogP contribution in [0.1, 0.15) is 5.56 Å². The van der Waals surface area contributed by atoms with E-state index in [0.29, 0.717) is 17.5 Å². The number of rotatable bonds is 0. The minimum Gasteiger partial charge on any atom is -0.466 e. The van der Waals surface area contributed by atoms with Gasteiger partial charge in [-0.25, -0.2) is 0 Å². The topological polar surface area (TPSA) is 47.3 Å². The molecule has 1 aromatic carbocycles. The molecule has 1 aromatic rings. The zero-order chi connectivity index (χ0) is 8.55. The van der Waals surface area contributed by atoms with Gasteiger partial charge in [0.1, 0.15) is 6.61 Å². The van der Waals surface area contributed by atoms with Gasteiger partial charge < -0.3 is 15.8 Å². The number of thiocarbonyl (C=S) groups is 1. The van der Waals surface area contributed by atoms with Crippen LogP contribution >= 0.6 is 12.2 Å². The normalized spacial score (nSPS) is 14.5. The number of fused-ring (bicyclic) bond motifs is 1. The molecular formula is C8H8N2OS. The van der Waals surface area contributed by atoms with Crippen molar-refractivity contribution in [2.45, 2.75) is 6.61 Å². The van der Waals surface area contributed by atoms with Crippen molar-refractivity contribution in [1.29, 1.82) is 0 Å². The van der Waals surface area contributed by atoms with Gasteiger partial charge in [-0.15, -0.1) is 0 Å². The molecule has 4 heteroatoms. The fourth-order valence-electron chi connectivity index (χ4n) is 1.17. The Balaban J connectivity index is 2.50. The summed E-state index contributed by atoms with van der Waals surface area (Å²) in [4.78, 5) is 0. The molecule has 0 aliphatic carbocycles. The van der Waals surface area contributed by atoms with Crippen LogP contribution in [0, 0.1) is 0 Å². The van der Waals surface area contributed by atoms with Gasteiger partial charge >= 0.3 is 0 Å². The van der Waals surface area contributed by atoms with Gasteiger partial charge in [-0.1, -0.05) is 12.1 Å². The second-order valence-electron chi connectivity index (χ2n) is 2.58. The van der Waals surface area contributed by atoms with Crippen molar-refractivity contribution in [3.63, 3.8) is 0 Å². The molecule has 1 aliphatic heterocycles. The molecule has 12 heavy (non-hydrogen) atoms. The predicted molar refractivity (Wildman–Crippen MR) is 51.9 cm³/mol. The minimum atomic E-state index is 0.389. The molecule has 0 atom stereocenters. The van der Waals surface area contributed by atoms with E-state index in [-0.39, 0.29) is 0 Å². The van der Waals surface area contributed by atoms with Gasteiger partial charge in [-0.3, -0.25) is 0 Å². The molecular weight excluding hydrogens is 172 g/mol. The second kappa shape index (κ2) is 2.64. The lowest BCUT2D eigenvalue weighted by Gasteiger charge is -2.20. The second-order valence-corrected chi connectivity index (χ2v) is 2.95. The highest BCUT2D eigenvalue weighted by Gasteiger charge is 2.14. The summed E-state index contributed by atoms with van der Waals surface area (Å²) in [5.41, 5.74) is 8.36. The van der Waals surface area contributed by atoms with Crippen LogP contribution in [0.2, 0.25) is 0 Å². The number of anilines is 2. The van der Waals surface area contributed by atoms with Crippen molar-refractivity contribution in [2.75, 3.05) is 11.1 Å². The standard InChI is InChI=1S/C8H8N2OS/c9-6-3-1-2-5-4-11-8(12)10-7(5)6/h1-3H,4,9H2,(H,10,12). The molecule has 0 unspecified atom stereocenters. The van der Waals surface area contributed by atoms with E-state index in [0.717, 1.165) is 11.3 Å². The predicted octanol–water partition coefficient (Wildman–Crippen LogP) is 1.50. The molecule has 2 rings (SSSR count). The van der Waals surface area contributed by atoms with Gasteiger partial charge in [0.2, 0.25) is 0 Å². The van der Waals surface area contributed by atoms with Gasteiger partial charge in [0.15, 0.2) is 0 Å². The zero-order valence-corrected chi connectivity index (χ0v) is 7.15. The van der Waals surface area contributed by atoms with E-state index in [4.69, 9.17) is 22.7 Å². The monoisotopic (exact) mass is 180 g/mol. The summed E-state index contributed by atoms with van der Waals surface area (Å²) in [6, 6.07) is 5.69. The third-order valence-corrected chi connectivity index (χ3v) is 1.99. The molecule has 0 saturated heterocycles. The Labute approximate surface area is 75.5 Å². The van der Waals surface area contributed by atoms with Crippen LogP contribution in [0.3, 0.4) is 0 Å². The number of nitrogen functional groups attached to an aromatic ring is 1. The summed E-state index contributed by atoms with van der Waals surface area (Å²) >= 11 is 4.85. The highest BCUT2D eigenvalue weighted by atomic mass is 32.1. The number of hydrogen-bond acceptors (Lipinski definition) is 3. The van der Waals surface area contributed by atoms with Crippen LogP contribution in [-0.4, -0.2) is 5.17 Å². The van der Waals surface area contributed by atoms with E-state index in [1.54, 1.807) is 0 Å². The average molecular weight is 180 g/mol. The van der Waals surface area contributed by atoms with E-state index in [9.17, 15) is 0 Å². The van der Waals surface area contributed by atoms with E-state index < -0.39 is 0 Å². The molecule has 0 aromatic heterocycles. The van der Waals surface area contributed by atoms with Gasteiger partial charge in [0.25, 0.3) is 5.17 Å². The Kier molecular flexibility index (Phi) is 1.62. The van der Waals surface area contributed by atoms with Crippen molar-refractivity contribution < 1.29 is 4.74 Å². The fourth-order valence-corrected chi connectivity index (χ4v) is 1.34. The summed E-state index contributed by atoms with van der Waals surface area (Å²) in [6.07, 6.45) is 0. The Morgan fingerprint density at radius 1 is 1.50 bits per heavy atom. The number of para-hydroxylation sites is 1. The average Bonchev–Trinajstić information content (AvgIpc) is 2.07. The van der Waals surface area contributed by atoms with Crippen LogP contribution < -0.4 is 11.1 Å². The van der Waals surface area contributed by atoms with Crippen molar-refractivity contribution >= 4 is 28.8 Å². The highest BCUT2D eigenvalue weighted by molar-refractivity contribution is 7.80. The first kappa shape index (κ1) is 7.36. The number of nitrogens with two attached hydrogens (primary N) is 1. The van der Waals surface area contributed by atoms with Crippen LogP contribution in [0.15, 0.2) is 18.2 Å². The molecule has 0 bridgehead atoms. The summed E-state index contributed by atoms with van der Waals surface area (Å²) in [5, 5.41) is 3.30. The van der Waals surface area contributed by atoms with Crippen LogP contribution in [0.5, 0.6) is 0 Å². The van der Waals surface area contributed by atoms with Crippen LogP contribution in [0.4, 0.5) is 11.4 Å². The maximum Gasteiger partial charge on any atom is 0.261 e. The SMILES string of the molecule is Nc1cccc2c1NC(=S)OC2. The third-order valence-electron chi connectivity index (χ3n) is 1.77. The van der Waals surface area contributed by atoms with Crippen LogP contribution in [0.25, 0.3) is 0 Å². The van der Waals surface area contributed by atoms with Crippen molar-refractivity contribution in [1.82, 2.24) is 0 Å². The molecule has 0 radical (unpaired) electrons. The molecule has 3 nitrogen and oxygen atoms in total. The summed E-state index contributed by atoms with van der Waals surface area (Å²) in [7, 11) is 0. The van der Waals surface area contributed by atoms with E-state index in [2.05, 4.69) is 5.32 Å². The molecule has 0 saturated carbocycles. The van der Waals surface area contributed by atoms with Crippen molar-refractivity contribution in [2.24, 2.45) is 0 Å². The molecule has 3 N–H and O–H groups in total. The molecule has 62 valence electrons. The maximum atomic E-state index is 5.73. The quantitative estimate of drug-likeness (QED) is 0.469. The molecule has 1 heterocycles. The molecule has 0 amide bonds. The van der Waals surface area contributed by atoms with Crippen molar-refractivity contribution in [3.8, 4) is 0 Å². The first-order chi connectivity index (χ1) is 5.77. The van der Waals surface area contributed by atoms with Crippen molar-refractivity contribution in [3.05, 3.63) is 23.8 Å². The Morgan fingerprint density at radius 3 is 3.17 bits per heavy atom. The number of benzene rings is 1. The van der Waals surface area contributed by atoms with E-state index >= 15 is 0 Å². The maximum absolute atomic E-state index is 5.73. The number of hydrogen-bond donors (Lipinski definition) is 2. The third kappa shape index (κ3) is 1.10. The number of ether oxygens (including phenoxy) is 1. The first-order valence-electron chi connectivity index (χ1n) is 3.58. The lowest BCUT2D eigenvalue weighted by molar-refractivity contribution is 0.294. The zero-order valence-electron chi connectivity index (χ0n) is 6.33. The van der Waals surface area contributed by atoms with Gasteiger partial charge in [0.05, 0.1) is 11.4 Å². The molecule has 0 spiro atoms. The fraction of sp³-hybridized carbons (Fsp3) is 0.125. The Bertz CT molecular complexity index is 338. The molecule has 1 aliphatic rings.